The number of nitrogens with one attached hydrogen (secondary N) is 1. The standard InChI is InChI=1S/C26H34N2O3S/c1-19-8-4-5-9-22(19)16-28(20(2)26(30)27-23-10-6-7-11-23)25(29)18-32-17-21-12-14-24(31-3)15-13-21/h4-5,8-9,12-15,20,23H,6-7,10-11,16-18H2,1-3H3,(H,27,30). The van der Waals surface area contributed by atoms with Crippen LogP contribution in [0.4, 0.5) is 0 Å². The molecule has 1 aliphatic carbocycles. The summed E-state index contributed by atoms with van der Waals surface area (Å²) in [6.45, 7) is 4.32. The number of ether oxygens (including phenoxy) is 1. The third kappa shape index (κ3) is 6.76. The number of methoxy groups -OCH3 is 1. The molecule has 6 heteroatoms. The fourth-order valence-corrected chi connectivity index (χ4v) is 4.88. The predicted molar refractivity (Wildman–Crippen MR) is 131 cm³/mol. The highest BCUT2D eigenvalue weighted by molar-refractivity contribution is 7.99. The van der Waals surface area contributed by atoms with Gasteiger partial charge in [0.05, 0.1) is 12.9 Å². The van der Waals surface area contributed by atoms with Crippen LogP contribution in [-0.2, 0) is 21.9 Å². The lowest BCUT2D eigenvalue weighted by Crippen LogP contribution is -2.50. The van der Waals surface area contributed by atoms with E-state index in [1.807, 2.05) is 62.4 Å². The second-order valence-corrected chi connectivity index (χ2v) is 9.44. The SMILES string of the molecule is COc1ccc(CSCC(=O)N(Cc2ccccc2C)C(C)C(=O)NC2CCCC2)cc1. The fraction of sp³-hybridized carbons (Fsp3) is 0.462. The Morgan fingerprint density at radius 3 is 2.47 bits per heavy atom. The Morgan fingerprint density at radius 1 is 1.12 bits per heavy atom. The summed E-state index contributed by atoms with van der Waals surface area (Å²) in [5.41, 5.74) is 3.34. The van der Waals surface area contributed by atoms with E-state index in [0.29, 0.717) is 12.3 Å². The van der Waals surface area contributed by atoms with E-state index in [0.717, 1.165) is 53.9 Å². The summed E-state index contributed by atoms with van der Waals surface area (Å²) in [6.07, 6.45) is 4.38. The van der Waals surface area contributed by atoms with Crippen LogP contribution >= 0.6 is 11.8 Å². The molecule has 0 radical (unpaired) electrons. The average molecular weight is 455 g/mol. The lowest BCUT2D eigenvalue weighted by Gasteiger charge is -2.30. The Kier molecular flexibility index (Phi) is 9.03. The molecule has 1 unspecified atom stereocenters. The molecular formula is C26H34N2O3S. The summed E-state index contributed by atoms with van der Waals surface area (Å²) in [5.74, 6) is 1.82. The number of hydrogen-bond acceptors (Lipinski definition) is 4. The van der Waals surface area contributed by atoms with Crippen molar-refractivity contribution in [1.82, 2.24) is 10.2 Å². The number of benzene rings is 2. The smallest absolute Gasteiger partial charge is 0.242 e. The number of carbonyl (C=O) groups excluding carboxylic acids is 2. The molecule has 1 aliphatic rings. The number of thioether (sulfide) groups is 1. The molecule has 1 atom stereocenters. The van der Waals surface area contributed by atoms with E-state index in [-0.39, 0.29) is 17.9 Å². The monoisotopic (exact) mass is 454 g/mol. The van der Waals surface area contributed by atoms with Crippen molar-refractivity contribution in [2.24, 2.45) is 0 Å². The van der Waals surface area contributed by atoms with E-state index in [1.54, 1.807) is 23.8 Å². The fourth-order valence-electron chi connectivity index (χ4n) is 4.01. The van der Waals surface area contributed by atoms with Crippen molar-refractivity contribution in [3.05, 3.63) is 65.2 Å². The molecule has 2 aromatic carbocycles. The van der Waals surface area contributed by atoms with E-state index in [9.17, 15) is 9.59 Å². The van der Waals surface area contributed by atoms with Crippen molar-refractivity contribution in [1.29, 1.82) is 0 Å². The largest absolute Gasteiger partial charge is 0.497 e. The van der Waals surface area contributed by atoms with Crippen LogP contribution in [-0.4, -0.2) is 41.7 Å². The summed E-state index contributed by atoms with van der Waals surface area (Å²) in [5, 5.41) is 3.16. The van der Waals surface area contributed by atoms with Crippen LogP contribution < -0.4 is 10.1 Å². The zero-order valence-corrected chi connectivity index (χ0v) is 20.1. The maximum atomic E-state index is 13.2. The first kappa shape index (κ1) is 24.2. The lowest BCUT2D eigenvalue weighted by molar-refractivity contribution is -0.139. The Hall–Kier alpha value is -2.47. The molecular weight excluding hydrogens is 420 g/mol. The van der Waals surface area contributed by atoms with Gasteiger partial charge < -0.3 is 15.0 Å². The molecule has 0 aromatic heterocycles. The Labute approximate surface area is 195 Å². The first-order chi connectivity index (χ1) is 15.5. The minimum Gasteiger partial charge on any atom is -0.497 e. The van der Waals surface area contributed by atoms with E-state index < -0.39 is 6.04 Å². The van der Waals surface area contributed by atoms with Crippen LogP contribution in [0.5, 0.6) is 5.75 Å². The van der Waals surface area contributed by atoms with Crippen molar-refractivity contribution >= 4 is 23.6 Å². The van der Waals surface area contributed by atoms with Crippen molar-refractivity contribution in [2.45, 2.75) is 63.9 Å². The molecule has 0 aliphatic heterocycles. The number of nitrogens with zero attached hydrogens (tertiary/aromatic N) is 1. The normalized spacial score (nSPS) is 14.7. The van der Waals surface area contributed by atoms with Crippen LogP contribution in [0.3, 0.4) is 0 Å². The number of amides is 2. The van der Waals surface area contributed by atoms with E-state index in [2.05, 4.69) is 5.32 Å². The zero-order valence-electron chi connectivity index (χ0n) is 19.3. The molecule has 0 spiro atoms. The van der Waals surface area contributed by atoms with Gasteiger partial charge in [-0.05, 0) is 55.5 Å². The van der Waals surface area contributed by atoms with E-state index >= 15 is 0 Å². The van der Waals surface area contributed by atoms with Crippen molar-refractivity contribution in [3.63, 3.8) is 0 Å². The second-order valence-electron chi connectivity index (χ2n) is 8.45. The number of rotatable bonds is 10. The second kappa shape index (κ2) is 12.0. The maximum Gasteiger partial charge on any atom is 0.242 e. The number of aryl methyl sites for hydroxylation is 1. The van der Waals surface area contributed by atoms with Crippen LogP contribution in [0.15, 0.2) is 48.5 Å². The highest BCUT2D eigenvalue weighted by Gasteiger charge is 2.28. The van der Waals surface area contributed by atoms with Crippen molar-refractivity contribution < 1.29 is 14.3 Å². The first-order valence-electron chi connectivity index (χ1n) is 11.3. The first-order valence-corrected chi connectivity index (χ1v) is 12.5. The molecule has 172 valence electrons. The predicted octanol–water partition coefficient (Wildman–Crippen LogP) is 4.71. The van der Waals surface area contributed by atoms with E-state index in [1.165, 1.54) is 0 Å². The topological polar surface area (TPSA) is 58.6 Å². The minimum atomic E-state index is -0.510. The average Bonchev–Trinajstić information content (AvgIpc) is 3.31. The summed E-state index contributed by atoms with van der Waals surface area (Å²) < 4.78 is 5.20. The quantitative estimate of drug-likeness (QED) is 0.565. The maximum absolute atomic E-state index is 13.2. The molecule has 1 fully saturated rings. The summed E-state index contributed by atoms with van der Waals surface area (Å²) in [6, 6.07) is 15.7. The van der Waals surface area contributed by atoms with Crippen LogP contribution in [0.25, 0.3) is 0 Å². The highest BCUT2D eigenvalue weighted by atomic mass is 32.2. The van der Waals surface area contributed by atoms with Crippen molar-refractivity contribution in [2.75, 3.05) is 12.9 Å². The van der Waals surface area contributed by atoms with Gasteiger partial charge in [0.1, 0.15) is 11.8 Å². The van der Waals surface area contributed by atoms with Gasteiger partial charge in [-0.25, -0.2) is 0 Å². The number of carbonyl (C=O) groups is 2. The summed E-state index contributed by atoms with van der Waals surface area (Å²) in [4.78, 5) is 27.9. The van der Waals surface area contributed by atoms with E-state index in [4.69, 9.17) is 4.74 Å². The van der Waals surface area contributed by atoms with Gasteiger partial charge in [-0.2, -0.15) is 0 Å². The Morgan fingerprint density at radius 2 is 1.81 bits per heavy atom. The minimum absolute atomic E-state index is 0.0131. The van der Waals surface area contributed by atoms with Gasteiger partial charge in [-0.3, -0.25) is 9.59 Å². The molecule has 1 saturated carbocycles. The molecule has 32 heavy (non-hydrogen) atoms. The molecule has 5 nitrogen and oxygen atoms in total. The van der Waals surface area contributed by atoms with Gasteiger partial charge in [0.15, 0.2) is 0 Å². The Balaban J connectivity index is 1.64. The molecule has 0 bridgehead atoms. The highest BCUT2D eigenvalue weighted by Crippen LogP contribution is 2.21. The molecule has 1 N–H and O–H groups in total. The summed E-state index contributed by atoms with van der Waals surface area (Å²) in [7, 11) is 1.65. The molecule has 3 rings (SSSR count). The van der Waals surface area contributed by atoms with Gasteiger partial charge >= 0.3 is 0 Å². The molecule has 2 amide bonds. The molecule has 0 saturated heterocycles. The summed E-state index contributed by atoms with van der Waals surface area (Å²) >= 11 is 1.57. The van der Waals surface area contributed by atoms with Crippen LogP contribution in [0.2, 0.25) is 0 Å². The van der Waals surface area contributed by atoms with Crippen molar-refractivity contribution in [3.8, 4) is 5.75 Å². The zero-order chi connectivity index (χ0) is 22.9. The van der Waals surface area contributed by atoms with Gasteiger partial charge in [-0.15, -0.1) is 11.8 Å². The molecule has 2 aromatic rings. The molecule has 0 heterocycles. The van der Waals surface area contributed by atoms with Gasteiger partial charge in [0.2, 0.25) is 11.8 Å². The third-order valence-corrected chi connectivity index (χ3v) is 7.11. The lowest BCUT2D eigenvalue weighted by atomic mass is 10.1. The van der Waals surface area contributed by atoms with Gasteiger partial charge in [0.25, 0.3) is 0 Å². The third-order valence-electron chi connectivity index (χ3n) is 6.12. The Bertz CT molecular complexity index is 894. The van der Waals surface area contributed by atoms with Crippen LogP contribution in [0.1, 0.15) is 49.3 Å². The van der Waals surface area contributed by atoms with Gasteiger partial charge in [0, 0.05) is 18.3 Å². The van der Waals surface area contributed by atoms with Crippen LogP contribution in [0, 0.1) is 6.92 Å². The number of hydrogen-bond donors (Lipinski definition) is 1. The van der Waals surface area contributed by atoms with Gasteiger partial charge in [-0.1, -0.05) is 49.2 Å².